The summed E-state index contributed by atoms with van der Waals surface area (Å²) in [4.78, 5) is 2.53. The second-order valence-corrected chi connectivity index (χ2v) is 16.4. The van der Waals surface area contributed by atoms with Gasteiger partial charge in [0.2, 0.25) is 0 Å². The van der Waals surface area contributed by atoms with Crippen LogP contribution in [0.25, 0.3) is 66.1 Å². The molecule has 277 valence electrons. The molecule has 0 aliphatic carbocycles. The lowest BCUT2D eigenvalue weighted by atomic mass is 9.55. The molecule has 10 aromatic rings. The summed E-state index contributed by atoms with van der Waals surface area (Å²) < 4.78 is 6.80. The van der Waals surface area contributed by atoms with Crippen molar-refractivity contribution in [3.8, 4) is 33.4 Å². The fourth-order valence-electron chi connectivity index (χ4n) is 9.66. The van der Waals surface area contributed by atoms with Gasteiger partial charge >= 0.3 is 0 Å². The molecule has 4 heteroatoms. The summed E-state index contributed by atoms with van der Waals surface area (Å²) in [6.45, 7) is 4.71. The Labute approximate surface area is 344 Å². The summed E-state index contributed by atoms with van der Waals surface area (Å²) in [6.07, 6.45) is 0. The summed E-state index contributed by atoms with van der Waals surface area (Å²) in [5, 5.41) is 8.47. The summed E-state index contributed by atoms with van der Waals surface area (Å²) in [5.41, 5.74) is 19.2. The van der Waals surface area contributed by atoms with Crippen LogP contribution in [0.1, 0.15) is 25.0 Å². The van der Waals surface area contributed by atoms with Crippen LogP contribution in [0.5, 0.6) is 0 Å². The van der Waals surface area contributed by atoms with Crippen molar-refractivity contribution in [3.63, 3.8) is 0 Å². The van der Waals surface area contributed by atoms with Crippen molar-refractivity contribution in [3.05, 3.63) is 199 Å². The molecule has 0 saturated heterocycles. The first-order chi connectivity index (χ1) is 29.0. The molecule has 2 aliphatic rings. The number of anilines is 5. The Kier molecular flexibility index (Phi) is 7.37. The Morgan fingerprint density at radius 1 is 0.492 bits per heavy atom. The standard InChI is InChI=1S/C55H38BN2O/c1-55(2)45-20-11-12-23-49(45)58-50-30-39(35-16-7-4-8-17-35)29-44(53(50)56-47-22-13-21-46(55)54(47)58)41-33-52-43(42-28-37-18-9-10-19-38(37)31-51(42)59-52)32-48(41)57-40-26-24-36(25-27-40)34-14-5-3-6-15-34/h3-33,57H,1-2H3. The molecular weight excluding hydrogens is 715 g/mol. The highest BCUT2D eigenvalue weighted by molar-refractivity contribution is 6.73. The molecule has 0 unspecified atom stereocenters. The van der Waals surface area contributed by atoms with Crippen molar-refractivity contribution in [1.29, 1.82) is 0 Å². The van der Waals surface area contributed by atoms with Crippen LogP contribution in [-0.4, -0.2) is 7.28 Å². The zero-order chi connectivity index (χ0) is 39.2. The minimum atomic E-state index is -0.159. The van der Waals surface area contributed by atoms with Gasteiger partial charge in [0.15, 0.2) is 7.28 Å². The van der Waals surface area contributed by atoms with E-state index in [2.05, 4.69) is 219 Å². The molecule has 0 atom stereocenters. The Morgan fingerprint density at radius 3 is 1.90 bits per heavy atom. The molecule has 2 aliphatic heterocycles. The van der Waals surface area contributed by atoms with E-state index in [1.54, 1.807) is 0 Å². The van der Waals surface area contributed by atoms with Gasteiger partial charge in [-0.2, -0.15) is 0 Å². The first-order valence-corrected chi connectivity index (χ1v) is 20.4. The Morgan fingerprint density at radius 2 is 1.12 bits per heavy atom. The number of hydrogen-bond donors (Lipinski definition) is 1. The maximum Gasteiger partial charge on any atom is 0.197 e. The van der Waals surface area contributed by atoms with Crippen molar-refractivity contribution in [2.75, 3.05) is 10.2 Å². The van der Waals surface area contributed by atoms with Gasteiger partial charge in [0.1, 0.15) is 11.2 Å². The van der Waals surface area contributed by atoms with Crippen LogP contribution in [-0.2, 0) is 5.41 Å². The highest BCUT2D eigenvalue weighted by Gasteiger charge is 2.41. The minimum Gasteiger partial charge on any atom is -0.456 e. The molecule has 0 bridgehead atoms. The summed E-state index contributed by atoms with van der Waals surface area (Å²) in [5.74, 6) is 0. The minimum absolute atomic E-state index is 0.159. The first kappa shape index (κ1) is 33.8. The lowest BCUT2D eigenvalue weighted by molar-refractivity contribution is 0.632. The van der Waals surface area contributed by atoms with Crippen LogP contribution in [0.3, 0.4) is 0 Å². The van der Waals surface area contributed by atoms with E-state index in [0.29, 0.717) is 0 Å². The smallest absolute Gasteiger partial charge is 0.197 e. The monoisotopic (exact) mass is 753 g/mol. The van der Waals surface area contributed by atoms with Gasteiger partial charge in [0.25, 0.3) is 0 Å². The molecule has 3 nitrogen and oxygen atoms in total. The number of para-hydroxylation sites is 2. The highest BCUT2D eigenvalue weighted by atomic mass is 16.3. The van der Waals surface area contributed by atoms with E-state index in [9.17, 15) is 0 Å². The van der Waals surface area contributed by atoms with Crippen LogP contribution in [0.4, 0.5) is 28.4 Å². The van der Waals surface area contributed by atoms with Crippen molar-refractivity contribution in [1.82, 2.24) is 0 Å². The second kappa shape index (κ2) is 12.9. The normalized spacial score (nSPS) is 13.5. The number of nitrogens with zero attached hydrogens (tertiary/aromatic N) is 1. The number of furan rings is 1. The van der Waals surface area contributed by atoms with Gasteiger partial charge in [-0.1, -0.05) is 153 Å². The van der Waals surface area contributed by atoms with Gasteiger partial charge < -0.3 is 14.6 Å². The van der Waals surface area contributed by atoms with Crippen LogP contribution < -0.4 is 21.1 Å². The maximum absolute atomic E-state index is 6.80. The van der Waals surface area contributed by atoms with Crippen LogP contribution in [0.2, 0.25) is 0 Å². The third-order valence-corrected chi connectivity index (χ3v) is 12.6. The van der Waals surface area contributed by atoms with E-state index in [0.717, 1.165) is 50.0 Å². The van der Waals surface area contributed by atoms with E-state index in [-0.39, 0.29) is 5.41 Å². The highest BCUT2D eigenvalue weighted by Crippen LogP contribution is 2.53. The number of benzene rings is 9. The van der Waals surface area contributed by atoms with Gasteiger partial charge in [-0.3, -0.25) is 0 Å². The number of rotatable bonds is 5. The molecule has 3 heterocycles. The van der Waals surface area contributed by atoms with Crippen molar-refractivity contribution >= 4 is 79.4 Å². The van der Waals surface area contributed by atoms with E-state index in [1.165, 1.54) is 66.6 Å². The molecule has 1 radical (unpaired) electrons. The zero-order valence-corrected chi connectivity index (χ0v) is 32.8. The van der Waals surface area contributed by atoms with Crippen LogP contribution in [0.15, 0.2) is 192 Å². The van der Waals surface area contributed by atoms with Crippen molar-refractivity contribution in [2.45, 2.75) is 19.3 Å². The Hall–Kier alpha value is -7.30. The summed E-state index contributed by atoms with van der Waals surface area (Å²) >= 11 is 0. The fraction of sp³-hybridized carbons (Fsp3) is 0.0545. The summed E-state index contributed by atoms with van der Waals surface area (Å²) in [6, 6.07) is 68.1. The Balaban J connectivity index is 1.12. The topological polar surface area (TPSA) is 28.4 Å². The zero-order valence-electron chi connectivity index (χ0n) is 32.8. The number of hydrogen-bond acceptors (Lipinski definition) is 3. The van der Waals surface area contributed by atoms with Gasteiger partial charge in [0, 0.05) is 44.5 Å². The molecule has 12 rings (SSSR count). The van der Waals surface area contributed by atoms with Crippen LogP contribution >= 0.6 is 0 Å². The summed E-state index contributed by atoms with van der Waals surface area (Å²) in [7, 11) is 2.41. The van der Waals surface area contributed by atoms with Crippen LogP contribution in [0, 0.1) is 0 Å². The molecule has 1 N–H and O–H groups in total. The predicted octanol–water partition coefficient (Wildman–Crippen LogP) is 13.6. The molecule has 0 fully saturated rings. The lowest BCUT2D eigenvalue weighted by Gasteiger charge is -2.46. The fourth-order valence-corrected chi connectivity index (χ4v) is 9.66. The molecule has 59 heavy (non-hydrogen) atoms. The van der Waals surface area contributed by atoms with Gasteiger partial charge in [0.05, 0.1) is 5.69 Å². The average Bonchev–Trinajstić information content (AvgIpc) is 3.63. The van der Waals surface area contributed by atoms with Crippen molar-refractivity contribution < 1.29 is 4.42 Å². The molecule has 0 spiro atoms. The largest absolute Gasteiger partial charge is 0.456 e. The number of fused-ring (bicyclic) bond motifs is 8. The predicted molar refractivity (Wildman–Crippen MR) is 249 cm³/mol. The molecule has 0 saturated carbocycles. The SMILES string of the molecule is CC1(C)c2ccccc2N2c3cc(-c4ccccc4)cc(-c4cc5oc6cc7ccccc7cc6c5cc4Nc4ccc(-c5ccccc5)cc4)c3[B]c3cccc1c32. The quantitative estimate of drug-likeness (QED) is 0.177. The van der Waals surface area contributed by atoms with E-state index < -0.39 is 0 Å². The van der Waals surface area contributed by atoms with Crippen molar-refractivity contribution in [2.24, 2.45) is 0 Å². The first-order valence-electron chi connectivity index (χ1n) is 20.4. The van der Waals surface area contributed by atoms with E-state index in [4.69, 9.17) is 4.42 Å². The third kappa shape index (κ3) is 5.30. The third-order valence-electron chi connectivity index (χ3n) is 12.6. The van der Waals surface area contributed by atoms with Gasteiger partial charge in [-0.15, -0.1) is 0 Å². The molecular formula is C55H38BN2O. The van der Waals surface area contributed by atoms with E-state index >= 15 is 0 Å². The second-order valence-electron chi connectivity index (χ2n) is 16.4. The maximum atomic E-state index is 6.80. The Bertz CT molecular complexity index is 3290. The van der Waals surface area contributed by atoms with Gasteiger partial charge in [-0.05, 0) is 110 Å². The molecule has 0 amide bonds. The lowest BCUT2D eigenvalue weighted by Crippen LogP contribution is -2.45. The van der Waals surface area contributed by atoms with Gasteiger partial charge in [-0.25, -0.2) is 0 Å². The molecule has 1 aromatic heterocycles. The van der Waals surface area contributed by atoms with E-state index in [1.807, 2.05) is 0 Å². The number of nitrogens with one attached hydrogen (secondary N) is 1. The average molecular weight is 754 g/mol. The molecule has 9 aromatic carbocycles.